The highest BCUT2D eigenvalue weighted by Gasteiger charge is 2.57. The molecule has 128 valence electrons. The Balaban J connectivity index is 1.71. The standard InChI is InChI=1S/C23H36/c1-15(2)18-10-11-21-17-8-9-19-16(3)12-14-23(19,5)20(17)7-6-13-22(18,21)4/h17-18,20-21H,1,6-14H2,2-5H3/t17-,18-,20-,21+,22-,23+/m0/s1. The Morgan fingerprint density at radius 2 is 1.78 bits per heavy atom. The Morgan fingerprint density at radius 3 is 2.52 bits per heavy atom. The van der Waals surface area contributed by atoms with Crippen molar-refractivity contribution in [3.63, 3.8) is 0 Å². The lowest BCUT2D eigenvalue weighted by molar-refractivity contribution is 0.0353. The molecule has 0 aromatic heterocycles. The van der Waals surface area contributed by atoms with E-state index >= 15 is 0 Å². The van der Waals surface area contributed by atoms with E-state index in [1.807, 2.05) is 5.57 Å². The van der Waals surface area contributed by atoms with Crippen LogP contribution in [0.4, 0.5) is 0 Å². The van der Waals surface area contributed by atoms with E-state index in [1.165, 1.54) is 63.4 Å². The first-order valence-corrected chi connectivity index (χ1v) is 10.2. The summed E-state index contributed by atoms with van der Waals surface area (Å²) >= 11 is 0. The van der Waals surface area contributed by atoms with Crippen molar-refractivity contribution in [2.45, 2.75) is 85.5 Å². The Labute approximate surface area is 143 Å². The quantitative estimate of drug-likeness (QED) is 0.461. The molecular formula is C23H36. The summed E-state index contributed by atoms with van der Waals surface area (Å²) in [5.41, 5.74) is 6.21. The first kappa shape index (κ1) is 16.0. The summed E-state index contributed by atoms with van der Waals surface area (Å²) in [4.78, 5) is 0. The van der Waals surface area contributed by atoms with Crippen LogP contribution in [-0.4, -0.2) is 0 Å². The van der Waals surface area contributed by atoms with Crippen LogP contribution in [0.5, 0.6) is 0 Å². The Morgan fingerprint density at radius 1 is 1.00 bits per heavy atom. The van der Waals surface area contributed by atoms with Crippen molar-refractivity contribution in [1.29, 1.82) is 0 Å². The van der Waals surface area contributed by atoms with E-state index in [2.05, 4.69) is 34.3 Å². The van der Waals surface area contributed by atoms with Gasteiger partial charge in [0.25, 0.3) is 0 Å². The zero-order valence-corrected chi connectivity index (χ0v) is 15.9. The van der Waals surface area contributed by atoms with Crippen molar-refractivity contribution in [3.8, 4) is 0 Å². The molecule has 0 aromatic rings. The molecule has 0 spiro atoms. The zero-order chi connectivity index (χ0) is 16.4. The van der Waals surface area contributed by atoms with E-state index in [0.717, 1.165) is 23.7 Å². The summed E-state index contributed by atoms with van der Waals surface area (Å²) < 4.78 is 0. The van der Waals surface area contributed by atoms with Crippen molar-refractivity contribution >= 4 is 0 Å². The fourth-order valence-electron chi connectivity index (χ4n) is 7.98. The summed E-state index contributed by atoms with van der Waals surface area (Å²) in [6, 6.07) is 0. The van der Waals surface area contributed by atoms with Gasteiger partial charge in [0.15, 0.2) is 0 Å². The zero-order valence-electron chi connectivity index (χ0n) is 15.9. The maximum atomic E-state index is 4.38. The minimum Gasteiger partial charge on any atom is -0.0998 e. The monoisotopic (exact) mass is 312 g/mol. The third-order valence-electron chi connectivity index (χ3n) is 9.04. The molecule has 4 aliphatic rings. The molecule has 0 bridgehead atoms. The molecule has 0 aromatic carbocycles. The first-order chi connectivity index (χ1) is 10.9. The Bertz CT molecular complexity index is 552. The van der Waals surface area contributed by atoms with Crippen molar-refractivity contribution in [2.24, 2.45) is 34.5 Å². The van der Waals surface area contributed by atoms with Gasteiger partial charge in [-0.3, -0.25) is 0 Å². The average Bonchev–Trinajstić information content (AvgIpc) is 2.93. The predicted molar refractivity (Wildman–Crippen MR) is 99.2 cm³/mol. The van der Waals surface area contributed by atoms with Crippen LogP contribution in [0.3, 0.4) is 0 Å². The van der Waals surface area contributed by atoms with E-state index < -0.39 is 0 Å². The van der Waals surface area contributed by atoms with Gasteiger partial charge in [0, 0.05) is 0 Å². The predicted octanol–water partition coefficient (Wildman–Crippen LogP) is 6.92. The van der Waals surface area contributed by atoms with Gasteiger partial charge in [0.1, 0.15) is 0 Å². The summed E-state index contributed by atoms with van der Waals surface area (Å²) in [5.74, 6) is 3.73. The minimum absolute atomic E-state index is 0.552. The molecule has 3 fully saturated rings. The molecule has 0 N–H and O–H groups in total. The van der Waals surface area contributed by atoms with E-state index in [1.54, 1.807) is 5.57 Å². The van der Waals surface area contributed by atoms with Crippen LogP contribution in [0.15, 0.2) is 23.3 Å². The summed E-state index contributed by atoms with van der Waals surface area (Å²) in [7, 11) is 0. The molecule has 4 aliphatic carbocycles. The van der Waals surface area contributed by atoms with Crippen LogP contribution < -0.4 is 0 Å². The topological polar surface area (TPSA) is 0 Å². The molecule has 0 radical (unpaired) electrons. The van der Waals surface area contributed by atoms with E-state index in [-0.39, 0.29) is 0 Å². The van der Waals surface area contributed by atoms with Gasteiger partial charge in [0.05, 0.1) is 0 Å². The van der Waals surface area contributed by atoms with E-state index in [9.17, 15) is 0 Å². The fraction of sp³-hybridized carbons (Fsp3) is 0.826. The van der Waals surface area contributed by atoms with Crippen molar-refractivity contribution < 1.29 is 0 Å². The van der Waals surface area contributed by atoms with E-state index in [4.69, 9.17) is 0 Å². The van der Waals surface area contributed by atoms with Crippen LogP contribution in [0.1, 0.15) is 85.5 Å². The summed E-state index contributed by atoms with van der Waals surface area (Å²) in [5, 5.41) is 0. The maximum Gasteiger partial charge on any atom is -0.00798 e. The minimum atomic E-state index is 0.552. The third kappa shape index (κ3) is 2.09. The molecular weight excluding hydrogens is 276 g/mol. The normalized spacial score (nSPS) is 49.4. The molecule has 0 nitrogen and oxygen atoms in total. The number of hydrogen-bond acceptors (Lipinski definition) is 0. The Hall–Kier alpha value is -0.520. The SMILES string of the molecule is C=C(C)[C@@H]1CC[C@@H]2[C@H]3CCC4=C(C)CC[C@@]4(C)[C@H]3CCC[C@]21C. The van der Waals surface area contributed by atoms with Crippen LogP contribution in [-0.2, 0) is 0 Å². The van der Waals surface area contributed by atoms with Crippen molar-refractivity contribution in [1.82, 2.24) is 0 Å². The molecule has 0 unspecified atom stereocenters. The van der Waals surface area contributed by atoms with Gasteiger partial charge >= 0.3 is 0 Å². The van der Waals surface area contributed by atoms with E-state index in [0.29, 0.717) is 10.8 Å². The van der Waals surface area contributed by atoms with Gasteiger partial charge in [-0.15, -0.1) is 0 Å². The second kappa shape index (κ2) is 5.24. The first-order valence-electron chi connectivity index (χ1n) is 10.2. The molecule has 6 atom stereocenters. The second-order valence-electron chi connectivity index (χ2n) is 9.97. The van der Waals surface area contributed by atoms with Crippen molar-refractivity contribution in [3.05, 3.63) is 23.3 Å². The molecule has 23 heavy (non-hydrogen) atoms. The van der Waals surface area contributed by atoms with Gasteiger partial charge in [0.2, 0.25) is 0 Å². The highest BCUT2D eigenvalue weighted by molar-refractivity contribution is 5.30. The highest BCUT2D eigenvalue weighted by Crippen LogP contribution is 2.66. The van der Waals surface area contributed by atoms with Crippen LogP contribution in [0.25, 0.3) is 0 Å². The molecule has 0 saturated heterocycles. The molecule has 0 amide bonds. The van der Waals surface area contributed by atoms with Gasteiger partial charge < -0.3 is 0 Å². The second-order valence-corrected chi connectivity index (χ2v) is 9.97. The largest absolute Gasteiger partial charge is 0.0998 e. The maximum absolute atomic E-state index is 4.38. The summed E-state index contributed by atoms with van der Waals surface area (Å²) in [6.07, 6.45) is 13.0. The van der Waals surface area contributed by atoms with Crippen LogP contribution >= 0.6 is 0 Å². The molecule has 0 heterocycles. The number of allylic oxidation sites excluding steroid dienone is 3. The van der Waals surface area contributed by atoms with Crippen LogP contribution in [0, 0.1) is 34.5 Å². The van der Waals surface area contributed by atoms with Gasteiger partial charge in [-0.05, 0) is 99.7 Å². The number of fused-ring (bicyclic) bond motifs is 5. The Kier molecular flexibility index (Phi) is 3.64. The lowest BCUT2D eigenvalue weighted by Crippen LogP contribution is -2.42. The van der Waals surface area contributed by atoms with Gasteiger partial charge in [-0.2, -0.15) is 0 Å². The molecule has 0 aliphatic heterocycles. The molecule has 4 rings (SSSR count). The van der Waals surface area contributed by atoms with Crippen LogP contribution in [0.2, 0.25) is 0 Å². The number of hydrogen-bond donors (Lipinski definition) is 0. The summed E-state index contributed by atoms with van der Waals surface area (Å²) in [6.45, 7) is 14.4. The third-order valence-corrected chi connectivity index (χ3v) is 9.04. The van der Waals surface area contributed by atoms with Crippen molar-refractivity contribution in [2.75, 3.05) is 0 Å². The smallest absolute Gasteiger partial charge is 0.00798 e. The lowest BCUT2D eigenvalue weighted by atomic mass is 9.55. The fourth-order valence-corrected chi connectivity index (χ4v) is 7.98. The van der Waals surface area contributed by atoms with Gasteiger partial charge in [-0.25, -0.2) is 0 Å². The number of rotatable bonds is 1. The average molecular weight is 313 g/mol. The van der Waals surface area contributed by atoms with Gasteiger partial charge in [-0.1, -0.05) is 43.6 Å². The lowest BCUT2D eigenvalue weighted by Gasteiger charge is -2.50. The highest BCUT2D eigenvalue weighted by atomic mass is 14.6. The molecule has 0 heteroatoms. The molecule has 3 saturated carbocycles.